The van der Waals surface area contributed by atoms with Crippen LogP contribution in [0.4, 0.5) is 5.95 Å². The summed E-state index contributed by atoms with van der Waals surface area (Å²) in [5.41, 5.74) is 8.69. The molecule has 0 bridgehead atoms. The summed E-state index contributed by atoms with van der Waals surface area (Å²) in [7, 11) is 4.68. The Kier molecular flexibility index (Phi) is 3.65. The van der Waals surface area contributed by atoms with Crippen LogP contribution in [0.1, 0.15) is 5.69 Å². The van der Waals surface area contributed by atoms with Gasteiger partial charge in [-0.1, -0.05) is 0 Å². The number of nitrogens with zero attached hydrogens (tertiary/aromatic N) is 4. The molecule has 120 valence electrons. The fourth-order valence-electron chi connectivity index (χ4n) is 2.52. The average Bonchev–Trinajstić information content (AvgIpc) is 2.96. The van der Waals surface area contributed by atoms with Gasteiger partial charge in [0.05, 0.1) is 38.1 Å². The number of nitrogen functional groups attached to an aromatic ring is 1. The molecule has 3 rings (SSSR count). The highest BCUT2D eigenvalue weighted by Crippen LogP contribution is 2.44. The lowest BCUT2D eigenvalue weighted by Crippen LogP contribution is -2.06. The van der Waals surface area contributed by atoms with Crippen molar-refractivity contribution in [1.29, 1.82) is 0 Å². The van der Waals surface area contributed by atoms with Crippen molar-refractivity contribution in [2.24, 2.45) is 0 Å². The molecule has 0 aliphatic heterocycles. The van der Waals surface area contributed by atoms with E-state index < -0.39 is 0 Å². The van der Waals surface area contributed by atoms with E-state index in [1.54, 1.807) is 31.9 Å². The lowest BCUT2D eigenvalue weighted by molar-refractivity contribution is 0.325. The Morgan fingerprint density at radius 2 is 1.74 bits per heavy atom. The molecule has 3 aromatic rings. The van der Waals surface area contributed by atoms with Gasteiger partial charge in [0.1, 0.15) is 5.69 Å². The van der Waals surface area contributed by atoms with Crippen LogP contribution in [0, 0.1) is 6.92 Å². The van der Waals surface area contributed by atoms with Crippen LogP contribution >= 0.6 is 0 Å². The molecule has 2 aromatic heterocycles. The summed E-state index contributed by atoms with van der Waals surface area (Å²) in [5.74, 6) is 1.78. The van der Waals surface area contributed by atoms with Gasteiger partial charge in [0, 0.05) is 0 Å². The Bertz CT molecular complexity index is 875. The Hall–Kier alpha value is -3.03. The third-order valence-electron chi connectivity index (χ3n) is 3.50. The predicted molar refractivity (Wildman–Crippen MR) is 85.0 cm³/mol. The van der Waals surface area contributed by atoms with Crippen LogP contribution in [0.5, 0.6) is 17.2 Å². The first-order valence-corrected chi connectivity index (χ1v) is 6.88. The third kappa shape index (κ3) is 2.28. The quantitative estimate of drug-likeness (QED) is 0.782. The fraction of sp³-hybridized carbons (Fsp3) is 0.267. The predicted octanol–water partition coefficient (Wildman–Crippen LogP) is 1.71. The van der Waals surface area contributed by atoms with Crippen LogP contribution in [0.25, 0.3) is 16.8 Å². The Labute approximate surface area is 132 Å². The summed E-state index contributed by atoms with van der Waals surface area (Å²) in [5, 5.41) is 12.5. The number of nitrogens with two attached hydrogens (primary N) is 1. The minimum absolute atomic E-state index is 0.219. The van der Waals surface area contributed by atoms with Gasteiger partial charge in [0.15, 0.2) is 11.5 Å². The molecule has 8 nitrogen and oxygen atoms in total. The van der Waals surface area contributed by atoms with Crippen molar-refractivity contribution in [3.05, 3.63) is 23.9 Å². The van der Waals surface area contributed by atoms with Gasteiger partial charge in [0.2, 0.25) is 11.7 Å². The van der Waals surface area contributed by atoms with Crippen LogP contribution in [0.3, 0.4) is 0 Å². The average molecular weight is 315 g/mol. The number of hydrogen-bond acceptors (Lipinski definition) is 7. The van der Waals surface area contributed by atoms with Gasteiger partial charge < -0.3 is 19.9 Å². The fourth-order valence-corrected chi connectivity index (χ4v) is 2.52. The minimum atomic E-state index is 0.219. The first kappa shape index (κ1) is 14.9. The highest BCUT2D eigenvalue weighted by molar-refractivity contribution is 5.84. The molecule has 23 heavy (non-hydrogen) atoms. The molecular weight excluding hydrogens is 298 g/mol. The molecule has 0 radical (unpaired) electrons. The van der Waals surface area contributed by atoms with E-state index in [9.17, 15) is 0 Å². The first-order valence-electron chi connectivity index (χ1n) is 6.88. The molecule has 0 saturated heterocycles. The second-order valence-electron chi connectivity index (χ2n) is 4.87. The number of anilines is 1. The molecule has 0 saturated carbocycles. The summed E-state index contributed by atoms with van der Waals surface area (Å²) in [6.07, 6.45) is 0. The number of fused-ring (bicyclic) bond motifs is 1. The maximum Gasteiger partial charge on any atom is 0.241 e. The molecule has 1 aromatic carbocycles. The Morgan fingerprint density at radius 3 is 2.39 bits per heavy atom. The molecular formula is C15H17N5O3. The van der Waals surface area contributed by atoms with Gasteiger partial charge in [-0.25, -0.2) is 0 Å². The van der Waals surface area contributed by atoms with E-state index in [1.807, 2.05) is 19.1 Å². The van der Waals surface area contributed by atoms with Gasteiger partial charge in [-0.15, -0.1) is 10.2 Å². The van der Waals surface area contributed by atoms with Crippen molar-refractivity contribution >= 4 is 11.5 Å². The van der Waals surface area contributed by atoms with E-state index >= 15 is 0 Å². The summed E-state index contributed by atoms with van der Waals surface area (Å²) in [6.45, 7) is 1.88. The third-order valence-corrected chi connectivity index (χ3v) is 3.50. The van der Waals surface area contributed by atoms with E-state index in [-0.39, 0.29) is 5.95 Å². The van der Waals surface area contributed by atoms with Crippen molar-refractivity contribution in [2.45, 2.75) is 6.92 Å². The molecule has 2 heterocycles. The smallest absolute Gasteiger partial charge is 0.241 e. The summed E-state index contributed by atoms with van der Waals surface area (Å²) in [6, 6.07) is 5.51. The van der Waals surface area contributed by atoms with Crippen LogP contribution in [-0.4, -0.2) is 41.1 Å². The van der Waals surface area contributed by atoms with Crippen molar-refractivity contribution in [3.8, 4) is 28.5 Å². The summed E-state index contributed by atoms with van der Waals surface area (Å²) >= 11 is 0. The highest BCUT2D eigenvalue weighted by Gasteiger charge is 2.21. The highest BCUT2D eigenvalue weighted by atomic mass is 16.5. The molecule has 0 spiro atoms. The maximum atomic E-state index is 5.84. The van der Waals surface area contributed by atoms with Crippen LogP contribution < -0.4 is 19.9 Å². The van der Waals surface area contributed by atoms with Crippen LogP contribution in [0.2, 0.25) is 0 Å². The lowest BCUT2D eigenvalue weighted by Gasteiger charge is -2.15. The second kappa shape index (κ2) is 5.64. The zero-order valence-electron chi connectivity index (χ0n) is 13.3. The van der Waals surface area contributed by atoms with Crippen LogP contribution in [-0.2, 0) is 0 Å². The number of aromatic nitrogens is 4. The number of benzene rings is 1. The number of aryl methyl sites for hydroxylation is 1. The molecule has 0 fully saturated rings. The monoisotopic (exact) mass is 315 g/mol. The van der Waals surface area contributed by atoms with E-state index in [0.717, 1.165) is 11.2 Å². The lowest BCUT2D eigenvalue weighted by atomic mass is 10.1. The summed E-state index contributed by atoms with van der Waals surface area (Å²) < 4.78 is 17.8. The van der Waals surface area contributed by atoms with Gasteiger partial charge in [-0.2, -0.15) is 9.61 Å². The minimum Gasteiger partial charge on any atom is -0.493 e. The molecule has 0 atom stereocenters. The van der Waals surface area contributed by atoms with Gasteiger partial charge in [-0.05, 0) is 25.1 Å². The van der Waals surface area contributed by atoms with Crippen molar-refractivity contribution in [3.63, 3.8) is 0 Å². The zero-order chi connectivity index (χ0) is 16.6. The van der Waals surface area contributed by atoms with E-state index in [4.69, 9.17) is 19.9 Å². The van der Waals surface area contributed by atoms with Crippen molar-refractivity contribution in [2.75, 3.05) is 27.1 Å². The van der Waals surface area contributed by atoms with E-state index in [1.165, 1.54) is 0 Å². The number of hydrogen-bond donors (Lipinski definition) is 1. The Morgan fingerprint density at radius 1 is 1.00 bits per heavy atom. The number of ether oxygens (including phenoxy) is 3. The van der Waals surface area contributed by atoms with Gasteiger partial charge in [0.25, 0.3) is 0 Å². The first-order chi connectivity index (χ1) is 11.1. The normalized spacial score (nSPS) is 10.8. The largest absolute Gasteiger partial charge is 0.493 e. The molecule has 0 unspecified atom stereocenters. The maximum absolute atomic E-state index is 5.84. The molecule has 8 heteroatoms. The topological polar surface area (TPSA) is 96.8 Å². The van der Waals surface area contributed by atoms with Gasteiger partial charge >= 0.3 is 0 Å². The number of rotatable bonds is 4. The van der Waals surface area contributed by atoms with Crippen molar-refractivity contribution in [1.82, 2.24) is 19.8 Å². The van der Waals surface area contributed by atoms with Crippen LogP contribution in [0.15, 0.2) is 18.2 Å². The Balaban J connectivity index is 2.33. The van der Waals surface area contributed by atoms with Gasteiger partial charge in [-0.3, -0.25) is 0 Å². The van der Waals surface area contributed by atoms with E-state index in [2.05, 4.69) is 15.3 Å². The second-order valence-corrected chi connectivity index (χ2v) is 4.87. The number of methoxy groups -OCH3 is 3. The van der Waals surface area contributed by atoms with Crippen molar-refractivity contribution < 1.29 is 14.2 Å². The molecule has 2 N–H and O–H groups in total. The SMILES string of the molecule is COc1ccc(-c2nnc(N)n3nc(C)cc23)c(OC)c1OC. The van der Waals surface area contributed by atoms with E-state index in [0.29, 0.717) is 28.5 Å². The zero-order valence-corrected chi connectivity index (χ0v) is 13.3. The molecule has 0 aliphatic carbocycles. The summed E-state index contributed by atoms with van der Waals surface area (Å²) in [4.78, 5) is 0. The molecule has 0 amide bonds. The molecule has 0 aliphatic rings. The standard InChI is InChI=1S/C15H17N5O3/c1-8-7-10-12(17-18-15(16)20(10)19-8)9-5-6-11(21-2)14(23-4)13(9)22-3/h5-7H,1-4H3,(H2,16,18).